The van der Waals surface area contributed by atoms with Crippen LogP contribution in [0.2, 0.25) is 0 Å². The molecule has 4 nitrogen and oxygen atoms in total. The summed E-state index contributed by atoms with van der Waals surface area (Å²) in [5, 5.41) is -0.496. The number of nitrogens with two attached hydrogens (primary N) is 1. The van der Waals surface area contributed by atoms with E-state index < -0.39 is 27.5 Å². The summed E-state index contributed by atoms with van der Waals surface area (Å²) in [7, 11) is -3.32. The molecule has 0 amide bonds. The minimum atomic E-state index is -3.32. The summed E-state index contributed by atoms with van der Waals surface area (Å²) in [6, 6.07) is -0.520. The van der Waals surface area contributed by atoms with Crippen LogP contribution in [0.1, 0.15) is 20.3 Å². The molecule has 1 rings (SSSR count). The molecule has 0 radical (unpaired) electrons. The largest absolute Gasteiger partial charge is 0.325 e. The Morgan fingerprint density at radius 1 is 1.50 bits per heavy atom. The molecule has 0 aromatic heterocycles. The third-order valence-electron chi connectivity index (χ3n) is 2.51. The fourth-order valence-corrected chi connectivity index (χ4v) is 2.73. The van der Waals surface area contributed by atoms with E-state index in [1.165, 1.54) is 4.31 Å². The first-order valence-electron chi connectivity index (χ1n) is 4.74. The maximum absolute atomic E-state index is 13.2. The number of sulfonamides is 1. The Hall–Kier alpha value is -0.200. The first-order valence-corrected chi connectivity index (χ1v) is 6.24. The molecule has 1 aliphatic heterocycles. The van der Waals surface area contributed by atoms with E-state index >= 15 is 0 Å². The predicted octanol–water partition coefficient (Wildman–Crippen LogP) is 0.0957. The average molecular weight is 224 g/mol. The van der Waals surface area contributed by atoms with Crippen molar-refractivity contribution in [2.24, 2.45) is 5.73 Å². The third-order valence-corrected chi connectivity index (χ3v) is 4.75. The highest BCUT2D eigenvalue weighted by atomic mass is 32.2. The zero-order chi connectivity index (χ0) is 10.9. The Morgan fingerprint density at radius 3 is 2.50 bits per heavy atom. The van der Waals surface area contributed by atoms with Crippen LogP contribution in [-0.4, -0.2) is 43.3 Å². The number of piperidine rings is 1. The van der Waals surface area contributed by atoms with Crippen molar-refractivity contribution < 1.29 is 12.8 Å². The first kappa shape index (κ1) is 11.9. The molecule has 0 aromatic carbocycles. The maximum atomic E-state index is 13.2. The Kier molecular flexibility index (Phi) is 3.49. The molecule has 1 fully saturated rings. The summed E-state index contributed by atoms with van der Waals surface area (Å²) in [5.41, 5.74) is 5.46. The minimum Gasteiger partial charge on any atom is -0.325 e. The van der Waals surface area contributed by atoms with Crippen molar-refractivity contribution in [1.82, 2.24) is 4.31 Å². The molecular weight excluding hydrogens is 207 g/mol. The normalized spacial score (nSPS) is 30.9. The van der Waals surface area contributed by atoms with Gasteiger partial charge in [0.05, 0.1) is 5.25 Å². The molecule has 14 heavy (non-hydrogen) atoms. The quantitative estimate of drug-likeness (QED) is 0.723. The van der Waals surface area contributed by atoms with Crippen LogP contribution in [0.25, 0.3) is 0 Å². The number of alkyl halides is 1. The van der Waals surface area contributed by atoms with E-state index in [1.54, 1.807) is 13.8 Å². The van der Waals surface area contributed by atoms with Crippen LogP contribution in [0.5, 0.6) is 0 Å². The molecule has 2 unspecified atom stereocenters. The zero-order valence-electron chi connectivity index (χ0n) is 8.48. The second-order valence-electron chi connectivity index (χ2n) is 3.92. The Labute approximate surface area is 84.3 Å². The van der Waals surface area contributed by atoms with E-state index in [9.17, 15) is 12.8 Å². The topological polar surface area (TPSA) is 63.4 Å². The van der Waals surface area contributed by atoms with Crippen LogP contribution >= 0.6 is 0 Å². The highest BCUT2D eigenvalue weighted by Crippen LogP contribution is 2.18. The second kappa shape index (κ2) is 4.12. The van der Waals surface area contributed by atoms with Crippen molar-refractivity contribution in [1.29, 1.82) is 0 Å². The lowest BCUT2D eigenvalue weighted by atomic mass is 10.1. The van der Waals surface area contributed by atoms with Gasteiger partial charge in [-0.1, -0.05) is 0 Å². The van der Waals surface area contributed by atoms with Crippen molar-refractivity contribution in [3.05, 3.63) is 0 Å². The summed E-state index contributed by atoms with van der Waals surface area (Å²) in [6.07, 6.45) is -0.843. The van der Waals surface area contributed by atoms with Gasteiger partial charge in [0.25, 0.3) is 0 Å². The monoisotopic (exact) mass is 224 g/mol. The summed E-state index contributed by atoms with van der Waals surface area (Å²) in [6.45, 7) is 3.43. The van der Waals surface area contributed by atoms with Crippen molar-refractivity contribution in [2.45, 2.75) is 37.7 Å². The molecule has 2 N–H and O–H groups in total. The molecule has 1 saturated heterocycles. The van der Waals surface area contributed by atoms with Gasteiger partial charge in [-0.25, -0.2) is 12.8 Å². The molecule has 84 valence electrons. The average Bonchev–Trinajstić information content (AvgIpc) is 2.09. The summed E-state index contributed by atoms with van der Waals surface area (Å²) >= 11 is 0. The van der Waals surface area contributed by atoms with Gasteiger partial charge in [0.2, 0.25) is 10.0 Å². The smallest absolute Gasteiger partial charge is 0.216 e. The highest BCUT2D eigenvalue weighted by molar-refractivity contribution is 7.89. The first-order chi connectivity index (χ1) is 6.35. The van der Waals surface area contributed by atoms with Gasteiger partial charge in [0.15, 0.2) is 0 Å². The van der Waals surface area contributed by atoms with Crippen molar-refractivity contribution in [3.63, 3.8) is 0 Å². The van der Waals surface area contributed by atoms with E-state index in [1.807, 2.05) is 0 Å². The molecule has 6 heteroatoms. The van der Waals surface area contributed by atoms with Gasteiger partial charge in [-0.05, 0) is 20.3 Å². The van der Waals surface area contributed by atoms with E-state index in [2.05, 4.69) is 0 Å². The fourth-order valence-electron chi connectivity index (χ4n) is 1.42. The van der Waals surface area contributed by atoms with E-state index in [0.717, 1.165) is 0 Å². The number of rotatable bonds is 2. The van der Waals surface area contributed by atoms with Gasteiger partial charge in [-0.2, -0.15) is 4.31 Å². The van der Waals surface area contributed by atoms with Crippen molar-refractivity contribution in [2.75, 3.05) is 13.1 Å². The Morgan fingerprint density at radius 2 is 2.07 bits per heavy atom. The van der Waals surface area contributed by atoms with Crippen molar-refractivity contribution >= 4 is 10.0 Å². The van der Waals surface area contributed by atoms with Gasteiger partial charge in [0.1, 0.15) is 6.17 Å². The summed E-state index contributed by atoms with van der Waals surface area (Å²) in [4.78, 5) is 0. The van der Waals surface area contributed by atoms with E-state index in [4.69, 9.17) is 5.73 Å². The molecular formula is C8H17FN2O2S. The lowest BCUT2D eigenvalue weighted by Crippen LogP contribution is -2.51. The third kappa shape index (κ3) is 2.24. The van der Waals surface area contributed by atoms with Crippen LogP contribution in [0.3, 0.4) is 0 Å². The standard InChI is InChI=1S/C8H17FN2O2S/c1-6(2)14(12,13)11-4-3-8(10)7(9)5-11/h6-8H,3-5,10H2,1-2H3. The summed E-state index contributed by atoms with van der Waals surface area (Å²) < 4.78 is 37.7. The fraction of sp³-hybridized carbons (Fsp3) is 1.00. The van der Waals surface area contributed by atoms with Gasteiger partial charge in [-0.3, -0.25) is 0 Å². The number of hydrogen-bond acceptors (Lipinski definition) is 3. The van der Waals surface area contributed by atoms with Crippen LogP contribution in [0.15, 0.2) is 0 Å². The van der Waals surface area contributed by atoms with E-state index in [0.29, 0.717) is 13.0 Å². The molecule has 1 aliphatic rings. The van der Waals surface area contributed by atoms with Gasteiger partial charge in [0, 0.05) is 19.1 Å². The molecule has 0 bridgehead atoms. The predicted molar refractivity (Wildman–Crippen MR) is 53.1 cm³/mol. The van der Waals surface area contributed by atoms with Crippen LogP contribution in [-0.2, 0) is 10.0 Å². The maximum Gasteiger partial charge on any atom is 0.216 e. The molecule has 0 spiro atoms. The molecule has 0 aromatic rings. The van der Waals surface area contributed by atoms with Gasteiger partial charge in [-0.15, -0.1) is 0 Å². The van der Waals surface area contributed by atoms with Crippen molar-refractivity contribution in [3.8, 4) is 0 Å². The SMILES string of the molecule is CC(C)S(=O)(=O)N1CCC(N)C(F)C1. The molecule has 0 aliphatic carbocycles. The lowest BCUT2D eigenvalue weighted by Gasteiger charge is -2.33. The Balaban J connectivity index is 2.73. The van der Waals surface area contributed by atoms with Crippen LogP contribution in [0, 0.1) is 0 Å². The minimum absolute atomic E-state index is 0.0956. The van der Waals surface area contributed by atoms with Crippen LogP contribution in [0.4, 0.5) is 4.39 Å². The number of halogens is 1. The second-order valence-corrected chi connectivity index (χ2v) is 6.41. The highest BCUT2D eigenvalue weighted by Gasteiger charge is 2.34. The molecule has 1 heterocycles. The molecule has 0 saturated carbocycles. The summed E-state index contributed by atoms with van der Waals surface area (Å²) in [5.74, 6) is 0. The van der Waals surface area contributed by atoms with Gasteiger partial charge < -0.3 is 5.73 Å². The van der Waals surface area contributed by atoms with E-state index in [-0.39, 0.29) is 6.54 Å². The number of hydrogen-bond donors (Lipinski definition) is 1. The van der Waals surface area contributed by atoms with Gasteiger partial charge >= 0.3 is 0 Å². The number of nitrogens with zero attached hydrogens (tertiary/aromatic N) is 1. The van der Waals surface area contributed by atoms with Crippen LogP contribution < -0.4 is 5.73 Å². The molecule has 2 atom stereocenters. The lowest BCUT2D eigenvalue weighted by molar-refractivity contribution is 0.176. The zero-order valence-corrected chi connectivity index (χ0v) is 9.30. The Bertz CT molecular complexity index is 292.